The van der Waals surface area contributed by atoms with Crippen molar-refractivity contribution in [2.75, 3.05) is 13.1 Å². The number of nitrogens with one attached hydrogen (secondary N) is 1. The molecule has 0 unspecified atom stereocenters. The van der Waals surface area contributed by atoms with Crippen LogP contribution in [0.2, 0.25) is 0 Å². The summed E-state index contributed by atoms with van der Waals surface area (Å²) in [5.74, 6) is 1.06. The second-order valence-corrected chi connectivity index (χ2v) is 6.81. The van der Waals surface area contributed by atoms with Crippen LogP contribution in [0.15, 0.2) is 6.33 Å². The van der Waals surface area contributed by atoms with Crippen molar-refractivity contribution < 1.29 is 0 Å². The normalized spacial score (nSPS) is 26.1. The minimum atomic E-state index is 0.180. The second kappa shape index (κ2) is 4.56. The van der Waals surface area contributed by atoms with E-state index in [9.17, 15) is 0 Å². The maximum absolute atomic E-state index is 4.38. The molecule has 2 fully saturated rings. The Morgan fingerprint density at radius 3 is 2.68 bits per heavy atom. The van der Waals surface area contributed by atoms with E-state index in [4.69, 9.17) is 0 Å². The molecule has 0 amide bonds. The third-order valence-electron chi connectivity index (χ3n) is 4.94. The Kier molecular flexibility index (Phi) is 3.14. The van der Waals surface area contributed by atoms with Gasteiger partial charge in [0.2, 0.25) is 0 Å². The van der Waals surface area contributed by atoms with Crippen LogP contribution >= 0.6 is 0 Å². The van der Waals surface area contributed by atoms with Gasteiger partial charge in [0, 0.05) is 31.2 Å². The first-order valence-electron chi connectivity index (χ1n) is 7.34. The van der Waals surface area contributed by atoms with Crippen LogP contribution in [0.4, 0.5) is 0 Å². The Hall–Kier alpha value is -0.940. The molecular formula is C14H25N5. The van der Waals surface area contributed by atoms with E-state index in [2.05, 4.69) is 34.1 Å². The lowest BCUT2D eigenvalue weighted by Gasteiger charge is -2.50. The molecule has 0 aromatic carbocycles. The Balaban J connectivity index is 1.78. The van der Waals surface area contributed by atoms with E-state index in [1.165, 1.54) is 25.7 Å². The summed E-state index contributed by atoms with van der Waals surface area (Å²) in [6, 6.07) is 0. The first kappa shape index (κ1) is 13.1. The molecule has 106 valence electrons. The van der Waals surface area contributed by atoms with Crippen LogP contribution in [0, 0.1) is 0 Å². The first-order chi connectivity index (χ1) is 9.01. The average Bonchev–Trinajstić information content (AvgIpc) is 2.96. The zero-order valence-electron chi connectivity index (χ0n) is 12.3. The third-order valence-corrected chi connectivity index (χ3v) is 4.94. The van der Waals surface area contributed by atoms with E-state index in [1.54, 1.807) is 6.33 Å². The molecule has 1 spiro atoms. The fraction of sp³-hybridized carbons (Fsp3) is 0.857. The third kappa shape index (κ3) is 2.41. The van der Waals surface area contributed by atoms with Crippen molar-refractivity contribution in [1.29, 1.82) is 0 Å². The molecule has 1 aromatic heterocycles. The molecule has 1 saturated carbocycles. The van der Waals surface area contributed by atoms with E-state index < -0.39 is 0 Å². The molecule has 19 heavy (non-hydrogen) atoms. The summed E-state index contributed by atoms with van der Waals surface area (Å²) in [7, 11) is 1.98. The van der Waals surface area contributed by atoms with Gasteiger partial charge in [0.25, 0.3) is 0 Å². The number of hydrogen-bond donors (Lipinski definition) is 1. The monoisotopic (exact) mass is 263 g/mol. The molecule has 0 bridgehead atoms. The second-order valence-electron chi connectivity index (χ2n) is 6.81. The highest BCUT2D eigenvalue weighted by atomic mass is 15.4. The number of nitrogens with zero attached hydrogens (tertiary/aromatic N) is 4. The van der Waals surface area contributed by atoms with E-state index in [0.29, 0.717) is 5.54 Å². The smallest absolute Gasteiger partial charge is 0.140 e. The van der Waals surface area contributed by atoms with Crippen LogP contribution in [0.3, 0.4) is 0 Å². The van der Waals surface area contributed by atoms with Crippen LogP contribution < -0.4 is 5.32 Å². The quantitative estimate of drug-likeness (QED) is 0.874. The number of aryl methyl sites for hydroxylation is 1. The summed E-state index contributed by atoms with van der Waals surface area (Å²) >= 11 is 0. The predicted molar refractivity (Wildman–Crippen MR) is 74.7 cm³/mol. The average molecular weight is 263 g/mol. The van der Waals surface area contributed by atoms with E-state index >= 15 is 0 Å². The number of aromatic nitrogens is 3. The highest BCUT2D eigenvalue weighted by molar-refractivity contribution is 5.05. The fourth-order valence-electron chi connectivity index (χ4n) is 3.44. The van der Waals surface area contributed by atoms with Crippen molar-refractivity contribution in [2.24, 2.45) is 7.05 Å². The van der Waals surface area contributed by atoms with Crippen molar-refractivity contribution in [2.45, 2.75) is 57.2 Å². The largest absolute Gasteiger partial charge is 0.308 e. The molecule has 5 nitrogen and oxygen atoms in total. The summed E-state index contributed by atoms with van der Waals surface area (Å²) in [5.41, 5.74) is 0.536. The summed E-state index contributed by atoms with van der Waals surface area (Å²) in [4.78, 5) is 6.96. The lowest BCUT2D eigenvalue weighted by atomic mass is 9.87. The number of piperazine rings is 1. The fourth-order valence-corrected chi connectivity index (χ4v) is 3.44. The first-order valence-corrected chi connectivity index (χ1v) is 7.34. The minimum absolute atomic E-state index is 0.180. The molecule has 1 aliphatic carbocycles. The van der Waals surface area contributed by atoms with Crippen LogP contribution in [-0.4, -0.2) is 43.8 Å². The van der Waals surface area contributed by atoms with Gasteiger partial charge in [0.1, 0.15) is 12.2 Å². The van der Waals surface area contributed by atoms with E-state index in [-0.39, 0.29) is 5.54 Å². The molecule has 3 rings (SSSR count). The highest BCUT2D eigenvalue weighted by Crippen LogP contribution is 2.36. The lowest BCUT2D eigenvalue weighted by molar-refractivity contribution is 0.0190. The van der Waals surface area contributed by atoms with Gasteiger partial charge in [0.15, 0.2) is 0 Å². The minimum Gasteiger partial charge on any atom is -0.308 e. The van der Waals surface area contributed by atoms with E-state index in [0.717, 1.165) is 25.5 Å². The Bertz CT molecular complexity index is 444. The van der Waals surface area contributed by atoms with Crippen LogP contribution in [0.25, 0.3) is 0 Å². The molecule has 2 aliphatic rings. The molecular weight excluding hydrogens is 238 g/mol. The van der Waals surface area contributed by atoms with Crippen LogP contribution in [-0.2, 0) is 13.6 Å². The summed E-state index contributed by atoms with van der Waals surface area (Å²) in [5, 5.41) is 8.01. The molecule has 1 aliphatic heterocycles. The molecule has 0 radical (unpaired) electrons. The Labute approximate surface area is 115 Å². The zero-order valence-corrected chi connectivity index (χ0v) is 12.3. The summed E-state index contributed by atoms with van der Waals surface area (Å²) in [6.07, 6.45) is 7.02. The van der Waals surface area contributed by atoms with Crippen molar-refractivity contribution in [1.82, 2.24) is 25.0 Å². The maximum Gasteiger partial charge on any atom is 0.140 e. The highest BCUT2D eigenvalue weighted by Gasteiger charge is 2.44. The van der Waals surface area contributed by atoms with Crippen molar-refractivity contribution >= 4 is 0 Å². The van der Waals surface area contributed by atoms with Gasteiger partial charge in [-0.05, 0) is 26.7 Å². The van der Waals surface area contributed by atoms with Gasteiger partial charge in [-0.15, -0.1) is 0 Å². The van der Waals surface area contributed by atoms with Crippen molar-refractivity contribution in [3.8, 4) is 0 Å². The van der Waals surface area contributed by atoms with Crippen LogP contribution in [0.1, 0.15) is 45.4 Å². The predicted octanol–water partition coefficient (Wildman–Crippen LogP) is 1.31. The topological polar surface area (TPSA) is 46.0 Å². The lowest BCUT2D eigenvalue weighted by Crippen LogP contribution is -2.67. The van der Waals surface area contributed by atoms with Crippen LogP contribution in [0.5, 0.6) is 0 Å². The standard InChI is InChI=1S/C14H25N5/c1-13(2)9-16-14(6-4-5-7-14)10-19(13)8-12-15-11-17-18(12)3/h11,16H,4-10H2,1-3H3. The molecule has 1 aromatic rings. The SMILES string of the molecule is Cn1ncnc1CN1CC2(CCCC2)NCC1(C)C. The molecule has 2 heterocycles. The number of hydrogen-bond acceptors (Lipinski definition) is 4. The molecule has 1 saturated heterocycles. The van der Waals surface area contributed by atoms with Crippen molar-refractivity contribution in [3.63, 3.8) is 0 Å². The maximum atomic E-state index is 4.38. The van der Waals surface area contributed by atoms with Gasteiger partial charge in [0.05, 0.1) is 6.54 Å². The Morgan fingerprint density at radius 1 is 1.32 bits per heavy atom. The van der Waals surface area contributed by atoms with Gasteiger partial charge in [-0.25, -0.2) is 4.98 Å². The van der Waals surface area contributed by atoms with Gasteiger partial charge >= 0.3 is 0 Å². The Morgan fingerprint density at radius 2 is 2.05 bits per heavy atom. The zero-order chi connectivity index (χ0) is 13.5. The number of rotatable bonds is 2. The van der Waals surface area contributed by atoms with Gasteiger partial charge in [-0.2, -0.15) is 5.10 Å². The molecule has 5 heteroatoms. The van der Waals surface area contributed by atoms with Gasteiger partial charge in [-0.1, -0.05) is 12.8 Å². The van der Waals surface area contributed by atoms with Gasteiger partial charge < -0.3 is 5.32 Å². The van der Waals surface area contributed by atoms with Gasteiger partial charge in [-0.3, -0.25) is 9.58 Å². The van der Waals surface area contributed by atoms with E-state index in [1.807, 2.05) is 11.7 Å². The summed E-state index contributed by atoms with van der Waals surface area (Å²) in [6.45, 7) is 7.72. The molecule has 1 N–H and O–H groups in total. The van der Waals surface area contributed by atoms with Crippen molar-refractivity contribution in [3.05, 3.63) is 12.2 Å². The molecule has 0 atom stereocenters. The summed E-state index contributed by atoms with van der Waals surface area (Å²) < 4.78 is 1.89.